The quantitative estimate of drug-likeness (QED) is 0.824. The van der Waals surface area contributed by atoms with E-state index in [9.17, 15) is 9.90 Å². The van der Waals surface area contributed by atoms with Crippen LogP contribution in [0.2, 0.25) is 0 Å². The van der Waals surface area contributed by atoms with E-state index < -0.39 is 0 Å². The molecule has 0 saturated carbocycles. The molecule has 0 bridgehead atoms. The molecule has 2 heterocycles. The number of phenolic OH excluding ortho intramolecular Hbond substituents is 1. The summed E-state index contributed by atoms with van der Waals surface area (Å²) in [5.74, 6) is 0.258. The van der Waals surface area contributed by atoms with Crippen LogP contribution in [0.4, 0.5) is 5.69 Å². The Labute approximate surface area is 111 Å². The number of nitrogens with one attached hydrogen (secondary N) is 1. The molecule has 1 aromatic carbocycles. The highest BCUT2D eigenvalue weighted by Gasteiger charge is 2.20. The van der Waals surface area contributed by atoms with Crippen molar-refractivity contribution in [2.75, 3.05) is 18.0 Å². The van der Waals surface area contributed by atoms with E-state index in [4.69, 9.17) is 0 Å². The van der Waals surface area contributed by atoms with Gasteiger partial charge < -0.3 is 15.0 Å². The molecular weight excluding hydrogens is 242 g/mol. The molecule has 19 heavy (non-hydrogen) atoms. The third-order valence-corrected chi connectivity index (χ3v) is 4.04. The van der Waals surface area contributed by atoms with Crippen molar-refractivity contribution in [2.45, 2.75) is 26.2 Å². The molecule has 0 radical (unpaired) electrons. The maximum absolute atomic E-state index is 11.7. The van der Waals surface area contributed by atoms with Gasteiger partial charge in [-0.3, -0.25) is 4.57 Å². The van der Waals surface area contributed by atoms with Crippen molar-refractivity contribution < 1.29 is 5.11 Å². The second kappa shape index (κ2) is 4.33. The average Bonchev–Trinajstić information content (AvgIpc) is 2.66. The monoisotopic (exact) mass is 261 g/mol. The number of aromatic amines is 1. The molecule has 1 fully saturated rings. The van der Waals surface area contributed by atoms with Gasteiger partial charge in [-0.25, -0.2) is 4.79 Å². The lowest BCUT2D eigenvalue weighted by molar-refractivity contribution is 0.469. The number of benzene rings is 1. The number of fused-ring (bicyclic) bond motifs is 1. The van der Waals surface area contributed by atoms with Crippen LogP contribution in [0.1, 0.15) is 24.8 Å². The van der Waals surface area contributed by atoms with Crippen molar-refractivity contribution in [3.8, 4) is 5.75 Å². The Kier molecular flexibility index (Phi) is 2.77. The highest BCUT2D eigenvalue weighted by molar-refractivity contribution is 5.88. The number of aryl methyl sites for hydroxylation is 2. The molecule has 102 valence electrons. The Morgan fingerprint density at radius 2 is 1.95 bits per heavy atom. The minimum absolute atomic E-state index is 0.145. The molecule has 3 rings (SSSR count). The average molecular weight is 261 g/mol. The van der Waals surface area contributed by atoms with Crippen LogP contribution < -0.4 is 10.6 Å². The van der Waals surface area contributed by atoms with E-state index in [1.165, 1.54) is 6.42 Å². The van der Waals surface area contributed by atoms with E-state index in [0.717, 1.165) is 42.7 Å². The number of hydrogen-bond acceptors (Lipinski definition) is 3. The number of rotatable bonds is 1. The highest BCUT2D eigenvalue weighted by atomic mass is 16.3. The van der Waals surface area contributed by atoms with Crippen molar-refractivity contribution in [2.24, 2.45) is 7.05 Å². The van der Waals surface area contributed by atoms with E-state index in [1.54, 1.807) is 17.7 Å². The first-order chi connectivity index (χ1) is 9.09. The van der Waals surface area contributed by atoms with Gasteiger partial charge in [0, 0.05) is 31.8 Å². The minimum atomic E-state index is -0.145. The Bertz CT molecular complexity index is 678. The summed E-state index contributed by atoms with van der Waals surface area (Å²) in [5, 5.41) is 10.3. The van der Waals surface area contributed by atoms with Gasteiger partial charge in [-0.05, 0) is 26.2 Å². The molecule has 0 aliphatic carbocycles. The number of hydrogen-bond donors (Lipinski definition) is 2. The molecule has 0 spiro atoms. The molecule has 2 aromatic rings. The first-order valence-corrected chi connectivity index (χ1v) is 6.76. The van der Waals surface area contributed by atoms with Crippen LogP contribution in [-0.2, 0) is 7.05 Å². The molecule has 1 saturated heterocycles. The third kappa shape index (κ3) is 1.80. The summed E-state index contributed by atoms with van der Waals surface area (Å²) < 4.78 is 1.61. The van der Waals surface area contributed by atoms with E-state index in [-0.39, 0.29) is 11.4 Å². The van der Waals surface area contributed by atoms with Crippen LogP contribution in [0.15, 0.2) is 10.9 Å². The predicted molar refractivity (Wildman–Crippen MR) is 76.0 cm³/mol. The van der Waals surface area contributed by atoms with E-state index in [2.05, 4.69) is 9.88 Å². The molecular formula is C14H19N3O2. The van der Waals surface area contributed by atoms with Gasteiger partial charge in [0.1, 0.15) is 5.75 Å². The van der Waals surface area contributed by atoms with Crippen LogP contribution in [0.3, 0.4) is 0 Å². The standard InChI is InChI=1S/C14H19N3O2/c1-9-12-10(15-14(19)16(12)2)8-11(18)13(9)17-6-4-3-5-7-17/h8,18H,3-7H2,1-2H3,(H,15,19). The Morgan fingerprint density at radius 1 is 1.26 bits per heavy atom. The Balaban J connectivity index is 2.23. The number of aromatic hydroxyl groups is 1. The highest BCUT2D eigenvalue weighted by Crippen LogP contribution is 2.37. The number of nitrogens with zero attached hydrogens (tertiary/aromatic N) is 2. The first kappa shape index (κ1) is 12.1. The summed E-state index contributed by atoms with van der Waals surface area (Å²) in [7, 11) is 1.76. The van der Waals surface area contributed by atoms with Gasteiger partial charge in [0.25, 0.3) is 0 Å². The van der Waals surface area contributed by atoms with Gasteiger partial charge in [0.2, 0.25) is 0 Å². The Hall–Kier alpha value is -1.91. The van der Waals surface area contributed by atoms with Crippen LogP contribution in [0.5, 0.6) is 5.75 Å². The molecule has 5 heteroatoms. The maximum atomic E-state index is 11.7. The largest absolute Gasteiger partial charge is 0.506 e. The zero-order valence-electron chi connectivity index (χ0n) is 11.4. The molecule has 0 atom stereocenters. The van der Waals surface area contributed by atoms with Gasteiger partial charge in [0.15, 0.2) is 0 Å². The number of imidazole rings is 1. The second-order valence-electron chi connectivity index (χ2n) is 5.30. The Morgan fingerprint density at radius 3 is 2.63 bits per heavy atom. The molecule has 2 N–H and O–H groups in total. The van der Waals surface area contributed by atoms with Gasteiger partial charge in [-0.15, -0.1) is 0 Å². The summed E-state index contributed by atoms with van der Waals surface area (Å²) in [6, 6.07) is 1.66. The number of anilines is 1. The summed E-state index contributed by atoms with van der Waals surface area (Å²) in [5.41, 5.74) is 3.28. The van der Waals surface area contributed by atoms with E-state index in [0.29, 0.717) is 5.52 Å². The van der Waals surface area contributed by atoms with Crippen molar-refractivity contribution in [1.29, 1.82) is 0 Å². The number of piperidine rings is 1. The zero-order valence-corrected chi connectivity index (χ0v) is 11.4. The van der Waals surface area contributed by atoms with Crippen molar-refractivity contribution in [3.05, 3.63) is 22.1 Å². The molecule has 0 amide bonds. The molecule has 1 aliphatic heterocycles. The third-order valence-electron chi connectivity index (χ3n) is 4.04. The summed E-state index contributed by atoms with van der Waals surface area (Å²) in [4.78, 5) is 16.7. The lowest BCUT2D eigenvalue weighted by Crippen LogP contribution is -2.30. The normalized spacial score (nSPS) is 16.2. The fourth-order valence-corrected chi connectivity index (χ4v) is 3.12. The SMILES string of the molecule is Cc1c(N2CCCCC2)c(O)cc2[nH]c(=O)n(C)c12. The fourth-order valence-electron chi connectivity index (χ4n) is 3.12. The number of phenols is 1. The van der Waals surface area contributed by atoms with Crippen LogP contribution in [-0.4, -0.2) is 27.7 Å². The van der Waals surface area contributed by atoms with Crippen LogP contribution in [0, 0.1) is 6.92 Å². The van der Waals surface area contributed by atoms with Gasteiger partial charge in [-0.1, -0.05) is 0 Å². The van der Waals surface area contributed by atoms with E-state index >= 15 is 0 Å². The second-order valence-corrected chi connectivity index (χ2v) is 5.30. The molecule has 5 nitrogen and oxygen atoms in total. The summed E-state index contributed by atoms with van der Waals surface area (Å²) in [6.07, 6.45) is 3.56. The fraction of sp³-hybridized carbons (Fsp3) is 0.500. The maximum Gasteiger partial charge on any atom is 0.326 e. The smallest absolute Gasteiger partial charge is 0.326 e. The van der Waals surface area contributed by atoms with Gasteiger partial charge in [-0.2, -0.15) is 0 Å². The molecule has 0 unspecified atom stereocenters. The predicted octanol–water partition coefficient (Wildman–Crippen LogP) is 1.87. The summed E-state index contributed by atoms with van der Waals surface area (Å²) >= 11 is 0. The number of H-pyrrole nitrogens is 1. The summed E-state index contributed by atoms with van der Waals surface area (Å²) in [6.45, 7) is 3.91. The molecule has 1 aromatic heterocycles. The van der Waals surface area contributed by atoms with Crippen LogP contribution >= 0.6 is 0 Å². The van der Waals surface area contributed by atoms with E-state index in [1.807, 2.05) is 6.92 Å². The van der Waals surface area contributed by atoms with Crippen molar-refractivity contribution in [1.82, 2.24) is 9.55 Å². The van der Waals surface area contributed by atoms with Crippen molar-refractivity contribution in [3.63, 3.8) is 0 Å². The van der Waals surface area contributed by atoms with Crippen LogP contribution in [0.25, 0.3) is 11.0 Å². The first-order valence-electron chi connectivity index (χ1n) is 6.76. The topological polar surface area (TPSA) is 61.3 Å². The van der Waals surface area contributed by atoms with Gasteiger partial charge >= 0.3 is 5.69 Å². The van der Waals surface area contributed by atoms with Crippen molar-refractivity contribution >= 4 is 16.7 Å². The lowest BCUT2D eigenvalue weighted by atomic mass is 10.1. The van der Waals surface area contributed by atoms with Gasteiger partial charge in [0.05, 0.1) is 16.7 Å². The zero-order chi connectivity index (χ0) is 13.6. The lowest BCUT2D eigenvalue weighted by Gasteiger charge is -2.30. The molecule has 1 aliphatic rings. The minimum Gasteiger partial charge on any atom is -0.506 e. The number of aromatic nitrogens is 2.